The van der Waals surface area contributed by atoms with Crippen molar-refractivity contribution in [2.75, 3.05) is 24.6 Å². The molecule has 0 aromatic heterocycles. The van der Waals surface area contributed by atoms with Gasteiger partial charge in [-0.2, -0.15) is 0 Å². The lowest BCUT2D eigenvalue weighted by atomic mass is 10.1. The van der Waals surface area contributed by atoms with Gasteiger partial charge in [-0.1, -0.05) is 18.2 Å². The largest absolute Gasteiger partial charge is 0.396 e. The summed E-state index contributed by atoms with van der Waals surface area (Å²) in [6.45, 7) is 1.98. The van der Waals surface area contributed by atoms with Crippen LogP contribution in [0.25, 0.3) is 0 Å². The molecule has 1 amide bonds. The summed E-state index contributed by atoms with van der Waals surface area (Å²) in [4.78, 5) is 13.8. The van der Waals surface area contributed by atoms with Crippen molar-refractivity contribution < 1.29 is 9.90 Å². The third-order valence-corrected chi connectivity index (χ3v) is 2.96. The van der Waals surface area contributed by atoms with E-state index >= 15 is 0 Å². The number of unbranched alkanes of at least 4 members (excludes halogenated alkanes) is 1. The van der Waals surface area contributed by atoms with Gasteiger partial charge in [0.1, 0.15) is 0 Å². The summed E-state index contributed by atoms with van der Waals surface area (Å²) in [5.74, 6) is 0.105. The summed E-state index contributed by atoms with van der Waals surface area (Å²) < 4.78 is 0. The van der Waals surface area contributed by atoms with Crippen LogP contribution in [0.1, 0.15) is 18.4 Å². The van der Waals surface area contributed by atoms with Gasteiger partial charge in [-0.05, 0) is 24.5 Å². The topological polar surface area (TPSA) is 52.6 Å². The van der Waals surface area contributed by atoms with Gasteiger partial charge in [0.15, 0.2) is 0 Å². The molecule has 92 valence electrons. The molecule has 1 aromatic carbocycles. The number of nitrogens with zero attached hydrogens (tertiary/aromatic N) is 1. The van der Waals surface area contributed by atoms with Crippen LogP contribution in [-0.2, 0) is 11.3 Å². The van der Waals surface area contributed by atoms with E-state index in [0.717, 1.165) is 30.6 Å². The molecule has 2 N–H and O–H groups in total. The van der Waals surface area contributed by atoms with Crippen molar-refractivity contribution in [3.63, 3.8) is 0 Å². The quantitative estimate of drug-likeness (QED) is 0.761. The number of carbonyl (C=O) groups is 1. The van der Waals surface area contributed by atoms with Crippen LogP contribution in [0.4, 0.5) is 5.69 Å². The van der Waals surface area contributed by atoms with Gasteiger partial charge in [-0.25, -0.2) is 0 Å². The zero-order valence-electron chi connectivity index (χ0n) is 9.85. The van der Waals surface area contributed by atoms with Gasteiger partial charge in [0.25, 0.3) is 0 Å². The summed E-state index contributed by atoms with van der Waals surface area (Å²) in [6.07, 6.45) is 1.57. The zero-order valence-corrected chi connectivity index (χ0v) is 9.85. The number of aliphatic hydroxyl groups is 1. The molecule has 0 atom stereocenters. The number of fused-ring (bicyclic) bond motifs is 1. The second kappa shape index (κ2) is 5.80. The summed E-state index contributed by atoms with van der Waals surface area (Å²) in [5.41, 5.74) is 2.16. The van der Waals surface area contributed by atoms with Gasteiger partial charge in [0.2, 0.25) is 5.91 Å². The smallest absolute Gasteiger partial charge is 0.240 e. The molecule has 1 aromatic rings. The Balaban J connectivity index is 2.18. The molecule has 2 rings (SSSR count). The molecule has 0 saturated carbocycles. The number of rotatable bonds is 4. The third-order valence-electron chi connectivity index (χ3n) is 2.96. The van der Waals surface area contributed by atoms with E-state index in [1.807, 2.05) is 29.2 Å². The number of hydrogen-bond donors (Lipinski definition) is 2. The number of aliphatic hydroxyl groups excluding tert-OH is 1. The molecule has 1 aliphatic heterocycles. The Hall–Kier alpha value is -1.39. The first-order chi connectivity index (χ1) is 8.33. The Morgan fingerprint density at radius 3 is 2.88 bits per heavy atom. The Morgan fingerprint density at radius 2 is 2.06 bits per heavy atom. The molecule has 0 saturated heterocycles. The van der Waals surface area contributed by atoms with Crippen molar-refractivity contribution in [1.82, 2.24) is 5.32 Å². The van der Waals surface area contributed by atoms with Crippen molar-refractivity contribution in [2.45, 2.75) is 19.4 Å². The number of carbonyl (C=O) groups excluding carboxylic acids is 1. The highest BCUT2D eigenvalue weighted by Crippen LogP contribution is 2.22. The first kappa shape index (κ1) is 12.1. The average Bonchev–Trinajstić information content (AvgIpc) is 2.50. The SMILES string of the molecule is O=C1CNCc2ccccc2N1CCCCO. The van der Waals surface area contributed by atoms with Crippen LogP contribution in [-0.4, -0.2) is 30.7 Å². The Kier molecular flexibility index (Phi) is 4.12. The second-order valence-electron chi connectivity index (χ2n) is 4.21. The van der Waals surface area contributed by atoms with Crippen LogP contribution < -0.4 is 10.2 Å². The molecule has 4 heteroatoms. The molecule has 0 spiro atoms. The fourth-order valence-corrected chi connectivity index (χ4v) is 2.08. The van der Waals surface area contributed by atoms with Crippen LogP contribution >= 0.6 is 0 Å². The molecule has 4 nitrogen and oxygen atoms in total. The first-order valence-corrected chi connectivity index (χ1v) is 6.03. The van der Waals surface area contributed by atoms with E-state index < -0.39 is 0 Å². The molecule has 1 heterocycles. The lowest BCUT2D eigenvalue weighted by molar-refractivity contribution is -0.117. The maximum atomic E-state index is 12.0. The Bertz CT molecular complexity index is 393. The lowest BCUT2D eigenvalue weighted by Gasteiger charge is -2.22. The van der Waals surface area contributed by atoms with Crippen molar-refractivity contribution in [3.8, 4) is 0 Å². The fraction of sp³-hybridized carbons (Fsp3) is 0.462. The fourth-order valence-electron chi connectivity index (χ4n) is 2.08. The van der Waals surface area contributed by atoms with Gasteiger partial charge in [-0.3, -0.25) is 4.79 Å². The molecule has 0 radical (unpaired) electrons. The molecule has 17 heavy (non-hydrogen) atoms. The molecule has 0 aliphatic carbocycles. The van der Waals surface area contributed by atoms with E-state index in [2.05, 4.69) is 5.32 Å². The first-order valence-electron chi connectivity index (χ1n) is 6.03. The van der Waals surface area contributed by atoms with Gasteiger partial charge >= 0.3 is 0 Å². The van der Waals surface area contributed by atoms with Crippen molar-refractivity contribution in [1.29, 1.82) is 0 Å². The molecule has 0 unspecified atom stereocenters. The molecule has 1 aliphatic rings. The summed E-state index contributed by atoms with van der Waals surface area (Å²) >= 11 is 0. The molecular formula is C13H18N2O2. The maximum absolute atomic E-state index is 12.0. The van der Waals surface area contributed by atoms with E-state index in [1.54, 1.807) is 0 Å². The van der Waals surface area contributed by atoms with Crippen LogP contribution in [0.15, 0.2) is 24.3 Å². The summed E-state index contributed by atoms with van der Waals surface area (Å²) in [6, 6.07) is 7.97. The normalized spacial score (nSPS) is 15.6. The van der Waals surface area contributed by atoms with Crippen LogP contribution in [0.5, 0.6) is 0 Å². The lowest BCUT2D eigenvalue weighted by Crippen LogP contribution is -2.36. The minimum atomic E-state index is 0.105. The van der Waals surface area contributed by atoms with Gasteiger partial charge in [0.05, 0.1) is 6.54 Å². The minimum Gasteiger partial charge on any atom is -0.396 e. The molecule has 0 fully saturated rings. The summed E-state index contributed by atoms with van der Waals surface area (Å²) in [5, 5.41) is 11.9. The standard InChI is InChI=1S/C13H18N2O2/c16-8-4-3-7-15-12-6-2-1-5-11(12)9-14-10-13(15)17/h1-2,5-6,14,16H,3-4,7-10H2. The van der Waals surface area contributed by atoms with Crippen molar-refractivity contribution >= 4 is 11.6 Å². The highest BCUT2D eigenvalue weighted by Gasteiger charge is 2.20. The second-order valence-corrected chi connectivity index (χ2v) is 4.21. The van der Waals surface area contributed by atoms with Gasteiger partial charge < -0.3 is 15.3 Å². The minimum absolute atomic E-state index is 0.105. The highest BCUT2D eigenvalue weighted by atomic mass is 16.3. The average molecular weight is 234 g/mol. The third kappa shape index (κ3) is 2.84. The zero-order chi connectivity index (χ0) is 12.1. The Labute approximate surface area is 101 Å². The maximum Gasteiger partial charge on any atom is 0.240 e. The van der Waals surface area contributed by atoms with Crippen LogP contribution in [0, 0.1) is 0 Å². The number of hydrogen-bond acceptors (Lipinski definition) is 3. The van der Waals surface area contributed by atoms with Gasteiger partial charge in [0, 0.05) is 25.4 Å². The Morgan fingerprint density at radius 1 is 1.24 bits per heavy atom. The molecule has 0 bridgehead atoms. The van der Waals surface area contributed by atoms with Gasteiger partial charge in [-0.15, -0.1) is 0 Å². The molecular weight excluding hydrogens is 216 g/mol. The van der Waals surface area contributed by atoms with Crippen LogP contribution in [0.2, 0.25) is 0 Å². The number of nitrogens with one attached hydrogen (secondary N) is 1. The predicted molar refractivity (Wildman–Crippen MR) is 66.8 cm³/mol. The van der Waals surface area contributed by atoms with E-state index in [-0.39, 0.29) is 12.5 Å². The summed E-state index contributed by atoms with van der Waals surface area (Å²) in [7, 11) is 0. The predicted octanol–water partition coefficient (Wildman–Crippen LogP) is 0.895. The van der Waals surface area contributed by atoms with E-state index in [1.165, 1.54) is 0 Å². The number of anilines is 1. The van der Waals surface area contributed by atoms with E-state index in [4.69, 9.17) is 5.11 Å². The van der Waals surface area contributed by atoms with Crippen molar-refractivity contribution in [2.24, 2.45) is 0 Å². The monoisotopic (exact) mass is 234 g/mol. The van der Waals surface area contributed by atoms with E-state index in [0.29, 0.717) is 13.1 Å². The van der Waals surface area contributed by atoms with E-state index in [9.17, 15) is 4.79 Å². The van der Waals surface area contributed by atoms with Crippen LogP contribution in [0.3, 0.4) is 0 Å². The number of amides is 1. The highest BCUT2D eigenvalue weighted by molar-refractivity contribution is 5.96. The van der Waals surface area contributed by atoms with Crippen molar-refractivity contribution in [3.05, 3.63) is 29.8 Å². The number of para-hydroxylation sites is 1. The number of benzene rings is 1.